The van der Waals surface area contributed by atoms with Gasteiger partial charge in [0.2, 0.25) is 11.8 Å². The Labute approximate surface area is 180 Å². The van der Waals surface area contributed by atoms with Crippen molar-refractivity contribution in [2.45, 2.75) is 64.0 Å². The molecule has 2 aliphatic heterocycles. The molecule has 0 N–H and O–H groups in total. The van der Waals surface area contributed by atoms with Crippen molar-refractivity contribution < 1.29 is 14.3 Å². The van der Waals surface area contributed by atoms with Gasteiger partial charge in [0.25, 0.3) is 0 Å². The molecule has 2 saturated heterocycles. The molecule has 164 valence electrons. The monoisotopic (exact) mass is 413 g/mol. The number of aryl methyl sites for hydroxylation is 1. The van der Waals surface area contributed by atoms with Gasteiger partial charge < -0.3 is 19.4 Å². The third-order valence-corrected chi connectivity index (χ3v) is 6.81. The predicted molar refractivity (Wildman–Crippen MR) is 118 cm³/mol. The van der Waals surface area contributed by atoms with E-state index in [9.17, 15) is 9.59 Å². The summed E-state index contributed by atoms with van der Waals surface area (Å²) >= 11 is 0. The smallest absolute Gasteiger partial charge is 0.242 e. The Bertz CT molecular complexity index is 728. The van der Waals surface area contributed by atoms with Crippen molar-refractivity contribution in [3.05, 3.63) is 29.8 Å². The summed E-state index contributed by atoms with van der Waals surface area (Å²) in [6, 6.07) is 8.33. The lowest BCUT2D eigenvalue weighted by molar-refractivity contribution is -0.148. The molecule has 1 aromatic carbocycles. The van der Waals surface area contributed by atoms with E-state index in [-0.39, 0.29) is 37.0 Å². The van der Waals surface area contributed by atoms with E-state index in [2.05, 4.69) is 6.92 Å². The Morgan fingerprint density at radius 1 is 0.933 bits per heavy atom. The average molecular weight is 414 g/mol. The van der Waals surface area contributed by atoms with E-state index in [0.29, 0.717) is 13.2 Å². The normalized spacial score (nSPS) is 24.3. The lowest BCUT2D eigenvalue weighted by Crippen LogP contribution is -2.57. The van der Waals surface area contributed by atoms with Crippen molar-refractivity contribution in [2.75, 3.05) is 44.2 Å². The first kappa shape index (κ1) is 21.2. The summed E-state index contributed by atoms with van der Waals surface area (Å²) in [5.41, 5.74) is 2.11. The van der Waals surface area contributed by atoms with E-state index in [0.717, 1.165) is 50.9 Å². The number of anilines is 1. The van der Waals surface area contributed by atoms with Crippen LogP contribution in [0.15, 0.2) is 24.3 Å². The van der Waals surface area contributed by atoms with Gasteiger partial charge in [-0.05, 0) is 51.2 Å². The van der Waals surface area contributed by atoms with Crippen LogP contribution in [0.3, 0.4) is 0 Å². The molecule has 0 spiro atoms. The Hall–Kier alpha value is -2.08. The summed E-state index contributed by atoms with van der Waals surface area (Å²) in [6.45, 7) is 5.49. The van der Waals surface area contributed by atoms with Crippen molar-refractivity contribution >= 4 is 17.5 Å². The molecule has 0 radical (unpaired) electrons. The van der Waals surface area contributed by atoms with E-state index in [1.165, 1.54) is 18.4 Å². The molecule has 0 aromatic heterocycles. The minimum Gasteiger partial charge on any atom is -0.374 e. The highest BCUT2D eigenvalue weighted by Gasteiger charge is 2.37. The number of fused-ring (bicyclic) bond motifs is 1. The molecular formula is C24H35N3O3. The number of hydrogen-bond donors (Lipinski definition) is 0. The van der Waals surface area contributed by atoms with Gasteiger partial charge in [-0.1, -0.05) is 30.5 Å². The van der Waals surface area contributed by atoms with Crippen molar-refractivity contribution in [3.8, 4) is 0 Å². The van der Waals surface area contributed by atoms with E-state index < -0.39 is 0 Å². The number of rotatable bonds is 5. The topological polar surface area (TPSA) is 53.1 Å². The first-order chi connectivity index (χ1) is 14.6. The van der Waals surface area contributed by atoms with Crippen LogP contribution in [0.1, 0.15) is 50.5 Å². The fourth-order valence-electron chi connectivity index (χ4n) is 5.06. The number of hydrogen-bond acceptors (Lipinski definition) is 4. The second kappa shape index (κ2) is 9.82. The van der Waals surface area contributed by atoms with Crippen molar-refractivity contribution in [1.82, 2.24) is 9.80 Å². The highest BCUT2D eigenvalue weighted by atomic mass is 16.5. The molecule has 30 heavy (non-hydrogen) atoms. The van der Waals surface area contributed by atoms with Gasteiger partial charge in [-0.2, -0.15) is 0 Å². The molecule has 1 aromatic rings. The number of piperidine rings is 1. The Kier molecular flexibility index (Phi) is 6.93. The number of amides is 2. The van der Waals surface area contributed by atoms with Crippen LogP contribution in [0.2, 0.25) is 0 Å². The highest BCUT2D eigenvalue weighted by Crippen LogP contribution is 2.29. The maximum atomic E-state index is 13.4. The van der Waals surface area contributed by atoms with Crippen LogP contribution in [0.4, 0.5) is 5.69 Å². The fraction of sp³-hybridized carbons (Fsp3) is 0.667. The van der Waals surface area contributed by atoms with Gasteiger partial charge in [-0.25, -0.2) is 0 Å². The number of carbonyl (C=O) groups is 2. The van der Waals surface area contributed by atoms with Crippen LogP contribution < -0.4 is 4.90 Å². The van der Waals surface area contributed by atoms with Crippen molar-refractivity contribution in [1.29, 1.82) is 0 Å². The largest absolute Gasteiger partial charge is 0.374 e. The number of benzene rings is 1. The van der Waals surface area contributed by atoms with Gasteiger partial charge in [-0.3, -0.25) is 9.59 Å². The first-order valence-corrected chi connectivity index (χ1v) is 11.6. The fourth-order valence-corrected chi connectivity index (χ4v) is 5.06. The quantitative estimate of drug-likeness (QED) is 0.745. The number of likely N-dealkylation sites (tertiary alicyclic amines) is 1. The summed E-state index contributed by atoms with van der Waals surface area (Å²) in [5, 5.41) is 0. The van der Waals surface area contributed by atoms with Crippen LogP contribution in [-0.4, -0.2) is 73.1 Å². The second-order valence-electron chi connectivity index (χ2n) is 8.98. The van der Waals surface area contributed by atoms with E-state index in [1.54, 1.807) is 0 Å². The maximum absolute atomic E-state index is 13.4. The number of ether oxygens (including phenoxy) is 1. The summed E-state index contributed by atoms with van der Waals surface area (Å²) in [4.78, 5) is 32.3. The zero-order valence-electron chi connectivity index (χ0n) is 18.2. The molecule has 6 heteroatoms. The molecule has 1 aliphatic carbocycles. The van der Waals surface area contributed by atoms with Gasteiger partial charge >= 0.3 is 0 Å². The Morgan fingerprint density at radius 2 is 1.63 bits per heavy atom. The SMILES string of the molecule is Cc1ccc(N(CC(=O)N2CCCCC2)CC(=O)N2CCOC3CCCCC32)cc1. The van der Waals surface area contributed by atoms with Crippen LogP contribution in [0, 0.1) is 6.92 Å². The van der Waals surface area contributed by atoms with Crippen LogP contribution >= 0.6 is 0 Å². The summed E-state index contributed by atoms with van der Waals surface area (Å²) in [7, 11) is 0. The average Bonchev–Trinajstić information content (AvgIpc) is 2.79. The van der Waals surface area contributed by atoms with Crippen LogP contribution in [0.5, 0.6) is 0 Å². The maximum Gasteiger partial charge on any atom is 0.242 e. The number of morpholine rings is 1. The van der Waals surface area contributed by atoms with Crippen LogP contribution in [-0.2, 0) is 14.3 Å². The summed E-state index contributed by atoms with van der Waals surface area (Å²) in [5.74, 6) is 0.239. The Morgan fingerprint density at radius 3 is 2.40 bits per heavy atom. The van der Waals surface area contributed by atoms with Crippen LogP contribution in [0.25, 0.3) is 0 Å². The Balaban J connectivity index is 1.47. The first-order valence-electron chi connectivity index (χ1n) is 11.6. The zero-order valence-corrected chi connectivity index (χ0v) is 18.2. The molecule has 4 rings (SSSR count). The summed E-state index contributed by atoms with van der Waals surface area (Å²) < 4.78 is 5.94. The van der Waals surface area contributed by atoms with Gasteiger partial charge in [0, 0.05) is 25.3 Å². The number of nitrogens with zero attached hydrogens (tertiary/aromatic N) is 3. The molecular weight excluding hydrogens is 378 g/mol. The van der Waals surface area contributed by atoms with Crippen molar-refractivity contribution in [3.63, 3.8) is 0 Å². The molecule has 2 atom stereocenters. The lowest BCUT2D eigenvalue weighted by Gasteiger charge is -2.44. The minimum absolute atomic E-state index is 0.113. The number of carbonyl (C=O) groups excluding carboxylic acids is 2. The molecule has 1 saturated carbocycles. The minimum atomic E-state index is 0.113. The van der Waals surface area contributed by atoms with E-state index in [1.807, 2.05) is 39.0 Å². The molecule has 6 nitrogen and oxygen atoms in total. The highest BCUT2D eigenvalue weighted by molar-refractivity contribution is 5.87. The second-order valence-corrected chi connectivity index (χ2v) is 8.98. The molecule has 2 unspecified atom stereocenters. The third kappa shape index (κ3) is 4.97. The van der Waals surface area contributed by atoms with Gasteiger partial charge in [-0.15, -0.1) is 0 Å². The molecule has 2 amide bonds. The van der Waals surface area contributed by atoms with E-state index >= 15 is 0 Å². The standard InChI is InChI=1S/C24H35N3O3/c1-19-9-11-20(12-10-19)26(17-23(28)25-13-5-2-6-14-25)18-24(29)27-15-16-30-22-8-4-3-7-21(22)27/h9-12,21-22H,2-8,13-18H2,1H3. The van der Waals surface area contributed by atoms with Gasteiger partial charge in [0.15, 0.2) is 0 Å². The molecule has 3 aliphatic rings. The molecule has 0 bridgehead atoms. The zero-order chi connectivity index (χ0) is 20.9. The van der Waals surface area contributed by atoms with Gasteiger partial charge in [0.05, 0.1) is 31.8 Å². The van der Waals surface area contributed by atoms with Gasteiger partial charge in [0.1, 0.15) is 0 Å². The van der Waals surface area contributed by atoms with Crippen molar-refractivity contribution in [2.24, 2.45) is 0 Å². The van der Waals surface area contributed by atoms with E-state index in [4.69, 9.17) is 4.74 Å². The lowest BCUT2D eigenvalue weighted by atomic mass is 9.90. The molecule has 3 fully saturated rings. The third-order valence-electron chi connectivity index (χ3n) is 6.81. The molecule has 2 heterocycles. The predicted octanol–water partition coefficient (Wildman–Crippen LogP) is 2.98. The summed E-state index contributed by atoms with van der Waals surface area (Å²) in [6.07, 6.45) is 7.94.